The smallest absolute Gasteiger partial charge is 0.218 e. The Labute approximate surface area is 212 Å². The van der Waals surface area contributed by atoms with Gasteiger partial charge >= 0.3 is 0 Å². The highest BCUT2D eigenvalue weighted by Crippen LogP contribution is 2.33. The molecule has 0 spiro atoms. The molecule has 0 bridgehead atoms. The van der Waals surface area contributed by atoms with Crippen molar-refractivity contribution < 1.29 is 14.2 Å². The highest BCUT2D eigenvalue weighted by atomic mass is 16.5. The van der Waals surface area contributed by atoms with Gasteiger partial charge < -0.3 is 29.3 Å². The van der Waals surface area contributed by atoms with Gasteiger partial charge in [-0.1, -0.05) is 0 Å². The molecular weight excluding hydrogens is 458 g/mol. The summed E-state index contributed by atoms with van der Waals surface area (Å²) in [5, 5.41) is 3.55. The maximum absolute atomic E-state index is 6.54. The van der Waals surface area contributed by atoms with Crippen LogP contribution in [-0.4, -0.2) is 90.5 Å². The SMILES string of the molecule is CN(C)CCOc1cc(N[C@H]2CC[C@@H](Oc3cc(N4CCOCC4)cc4nccnc34)CC2)ncn1. The number of hydrogen-bond acceptors (Lipinski definition) is 10. The molecule has 10 heteroatoms. The van der Waals surface area contributed by atoms with E-state index in [1.165, 1.54) is 0 Å². The highest BCUT2D eigenvalue weighted by molar-refractivity contribution is 5.85. The van der Waals surface area contributed by atoms with Crippen molar-refractivity contribution in [3.05, 3.63) is 36.9 Å². The first-order valence-electron chi connectivity index (χ1n) is 12.7. The Morgan fingerprint density at radius 2 is 1.81 bits per heavy atom. The average Bonchev–Trinajstić information content (AvgIpc) is 2.90. The van der Waals surface area contributed by atoms with Crippen molar-refractivity contribution in [2.75, 3.05) is 63.8 Å². The molecule has 2 aromatic heterocycles. The van der Waals surface area contributed by atoms with Crippen LogP contribution in [-0.2, 0) is 4.74 Å². The molecule has 0 unspecified atom stereocenters. The summed E-state index contributed by atoms with van der Waals surface area (Å²) < 4.78 is 17.8. The predicted octanol–water partition coefficient (Wildman–Crippen LogP) is 3.00. The Morgan fingerprint density at radius 1 is 1.00 bits per heavy atom. The summed E-state index contributed by atoms with van der Waals surface area (Å²) in [6.45, 7) is 4.65. The summed E-state index contributed by atoms with van der Waals surface area (Å²) in [6.07, 6.45) is 9.06. The number of hydrogen-bond donors (Lipinski definition) is 1. The summed E-state index contributed by atoms with van der Waals surface area (Å²) >= 11 is 0. The molecule has 1 aliphatic heterocycles. The second-order valence-corrected chi connectivity index (χ2v) is 9.60. The lowest BCUT2D eigenvalue weighted by molar-refractivity contribution is 0.122. The maximum Gasteiger partial charge on any atom is 0.218 e. The van der Waals surface area contributed by atoms with Gasteiger partial charge in [-0.25, -0.2) is 15.0 Å². The lowest BCUT2D eigenvalue weighted by Gasteiger charge is -2.31. The van der Waals surface area contributed by atoms with Gasteiger partial charge in [0.2, 0.25) is 5.88 Å². The molecule has 0 amide bonds. The molecule has 1 N–H and O–H groups in total. The van der Waals surface area contributed by atoms with Crippen LogP contribution in [0.15, 0.2) is 36.9 Å². The number of ether oxygens (including phenoxy) is 3. The number of nitrogens with zero attached hydrogens (tertiary/aromatic N) is 6. The van der Waals surface area contributed by atoms with Crippen LogP contribution in [0.4, 0.5) is 11.5 Å². The predicted molar refractivity (Wildman–Crippen MR) is 139 cm³/mol. The number of nitrogens with one attached hydrogen (secondary N) is 1. The van der Waals surface area contributed by atoms with Crippen molar-refractivity contribution in [1.29, 1.82) is 0 Å². The van der Waals surface area contributed by atoms with E-state index in [0.29, 0.717) is 18.5 Å². The van der Waals surface area contributed by atoms with E-state index in [2.05, 4.69) is 47.2 Å². The first-order valence-corrected chi connectivity index (χ1v) is 12.7. The van der Waals surface area contributed by atoms with Crippen molar-refractivity contribution in [2.24, 2.45) is 0 Å². The van der Waals surface area contributed by atoms with Crippen LogP contribution in [0.3, 0.4) is 0 Å². The molecule has 36 heavy (non-hydrogen) atoms. The van der Waals surface area contributed by atoms with Crippen molar-refractivity contribution in [2.45, 2.75) is 37.8 Å². The molecule has 192 valence electrons. The maximum atomic E-state index is 6.54. The summed E-state index contributed by atoms with van der Waals surface area (Å²) in [7, 11) is 4.04. The molecule has 1 saturated heterocycles. The van der Waals surface area contributed by atoms with Crippen LogP contribution in [0.5, 0.6) is 11.6 Å². The standard InChI is InChI=1S/C26H35N7O3/c1-32(2)9-14-35-25-17-24(29-18-30-25)31-19-3-5-21(6-4-19)36-23-16-20(33-10-12-34-13-11-33)15-22-26(23)28-8-7-27-22/h7-8,15-19,21H,3-6,9-14H2,1-2H3,(H,29,30,31)/t19-,21+. The molecule has 0 radical (unpaired) electrons. The van der Waals surface area contributed by atoms with E-state index in [-0.39, 0.29) is 6.10 Å². The summed E-state index contributed by atoms with van der Waals surface area (Å²) in [5.41, 5.74) is 2.79. The molecule has 1 aromatic carbocycles. The molecule has 3 aromatic rings. The minimum absolute atomic E-state index is 0.142. The van der Waals surface area contributed by atoms with Gasteiger partial charge in [0.15, 0.2) is 0 Å². The van der Waals surface area contributed by atoms with E-state index in [9.17, 15) is 0 Å². The number of fused-ring (bicyclic) bond motifs is 1. The molecule has 0 atom stereocenters. The average molecular weight is 494 g/mol. The van der Waals surface area contributed by atoms with E-state index in [1.807, 2.05) is 20.2 Å². The number of aromatic nitrogens is 4. The van der Waals surface area contributed by atoms with Gasteiger partial charge in [0.1, 0.15) is 30.0 Å². The Kier molecular flexibility index (Phi) is 7.92. The molecule has 2 aliphatic rings. The van der Waals surface area contributed by atoms with Gasteiger partial charge in [0.05, 0.1) is 24.8 Å². The van der Waals surface area contributed by atoms with Crippen LogP contribution in [0.1, 0.15) is 25.7 Å². The van der Waals surface area contributed by atoms with Gasteiger partial charge in [-0.3, -0.25) is 4.98 Å². The second kappa shape index (κ2) is 11.7. The third-order valence-electron chi connectivity index (χ3n) is 6.65. The monoisotopic (exact) mass is 493 g/mol. The van der Waals surface area contributed by atoms with E-state index >= 15 is 0 Å². The molecule has 10 nitrogen and oxygen atoms in total. The number of benzene rings is 1. The molecule has 3 heterocycles. The van der Waals surface area contributed by atoms with E-state index < -0.39 is 0 Å². The van der Waals surface area contributed by atoms with E-state index in [4.69, 9.17) is 14.2 Å². The second-order valence-electron chi connectivity index (χ2n) is 9.60. The van der Waals surface area contributed by atoms with Crippen molar-refractivity contribution in [3.63, 3.8) is 0 Å². The fourth-order valence-corrected chi connectivity index (χ4v) is 4.67. The van der Waals surface area contributed by atoms with Crippen LogP contribution >= 0.6 is 0 Å². The third-order valence-corrected chi connectivity index (χ3v) is 6.65. The summed E-state index contributed by atoms with van der Waals surface area (Å²) in [5.74, 6) is 2.21. The van der Waals surface area contributed by atoms with Gasteiger partial charge in [0, 0.05) is 55.9 Å². The quantitative estimate of drug-likeness (QED) is 0.479. The van der Waals surface area contributed by atoms with Crippen LogP contribution < -0.4 is 19.7 Å². The van der Waals surface area contributed by atoms with Crippen LogP contribution in [0.25, 0.3) is 11.0 Å². The molecular formula is C26H35N7O3. The van der Waals surface area contributed by atoms with Crippen molar-refractivity contribution >= 4 is 22.5 Å². The molecule has 5 rings (SSSR count). The zero-order chi connectivity index (χ0) is 24.7. The fraction of sp³-hybridized carbons (Fsp3) is 0.538. The number of rotatable bonds is 9. The Hall–Kier alpha value is -3.24. The van der Waals surface area contributed by atoms with Gasteiger partial charge in [-0.15, -0.1) is 0 Å². The topological polar surface area (TPSA) is 97.8 Å². The first kappa shape index (κ1) is 24.5. The van der Waals surface area contributed by atoms with E-state index in [1.54, 1.807) is 18.7 Å². The zero-order valence-corrected chi connectivity index (χ0v) is 21.1. The van der Waals surface area contributed by atoms with Crippen LogP contribution in [0, 0.1) is 0 Å². The number of anilines is 2. The number of likely N-dealkylation sites (N-methyl/N-ethyl adjacent to an activating group) is 1. The minimum Gasteiger partial charge on any atom is -0.488 e. The normalized spacial score (nSPS) is 20.5. The highest BCUT2D eigenvalue weighted by Gasteiger charge is 2.24. The summed E-state index contributed by atoms with van der Waals surface area (Å²) in [4.78, 5) is 22.1. The lowest BCUT2D eigenvalue weighted by Crippen LogP contribution is -2.36. The first-order chi connectivity index (χ1) is 17.6. The molecule has 2 fully saturated rings. The van der Waals surface area contributed by atoms with Crippen molar-refractivity contribution in [1.82, 2.24) is 24.8 Å². The largest absolute Gasteiger partial charge is 0.488 e. The van der Waals surface area contributed by atoms with Gasteiger partial charge in [0.25, 0.3) is 0 Å². The van der Waals surface area contributed by atoms with Crippen LogP contribution in [0.2, 0.25) is 0 Å². The Bertz CT molecular complexity index is 1130. The minimum atomic E-state index is 0.142. The van der Waals surface area contributed by atoms with Crippen molar-refractivity contribution in [3.8, 4) is 11.6 Å². The van der Waals surface area contributed by atoms with Gasteiger partial charge in [-0.05, 0) is 45.8 Å². The lowest BCUT2D eigenvalue weighted by atomic mass is 9.93. The summed E-state index contributed by atoms with van der Waals surface area (Å²) in [6, 6.07) is 6.43. The third kappa shape index (κ3) is 6.30. The fourth-order valence-electron chi connectivity index (χ4n) is 4.67. The zero-order valence-electron chi connectivity index (χ0n) is 21.1. The number of morpholine rings is 1. The van der Waals surface area contributed by atoms with E-state index in [0.717, 1.165) is 86.8 Å². The molecule has 1 saturated carbocycles. The Morgan fingerprint density at radius 3 is 2.61 bits per heavy atom. The molecule has 1 aliphatic carbocycles. The Balaban J connectivity index is 1.19. The van der Waals surface area contributed by atoms with Gasteiger partial charge in [-0.2, -0.15) is 0 Å².